The Morgan fingerprint density at radius 2 is 1.76 bits per heavy atom. The Hall–Kier alpha value is -3.58. The van der Waals surface area contributed by atoms with E-state index in [-0.39, 0.29) is 24.3 Å². The number of aliphatic imine (C=N–C) groups is 1. The van der Waals surface area contributed by atoms with Gasteiger partial charge in [0.05, 0.1) is 35.3 Å². The molecule has 3 rings (SSSR count). The Morgan fingerprint density at radius 1 is 1.08 bits per heavy atom. The zero-order valence-corrected chi connectivity index (χ0v) is 23.2. The fourth-order valence-corrected chi connectivity index (χ4v) is 4.15. The van der Waals surface area contributed by atoms with Gasteiger partial charge in [-0.05, 0) is 95.2 Å². The van der Waals surface area contributed by atoms with Crippen molar-refractivity contribution in [3.63, 3.8) is 0 Å². The van der Waals surface area contributed by atoms with Crippen LogP contribution in [0, 0.1) is 6.92 Å². The number of allylic oxidation sites excluding steroid dienone is 3. The second kappa shape index (κ2) is 13.3. The largest absolute Gasteiger partial charge is 0.493 e. The van der Waals surface area contributed by atoms with Crippen molar-refractivity contribution in [2.24, 2.45) is 4.99 Å². The number of hydrogen-bond acceptors (Lipinski definition) is 6. The molecule has 8 heteroatoms. The van der Waals surface area contributed by atoms with Gasteiger partial charge in [0.25, 0.3) is 5.91 Å². The van der Waals surface area contributed by atoms with E-state index in [0.29, 0.717) is 28.3 Å². The summed E-state index contributed by atoms with van der Waals surface area (Å²) in [5.41, 5.74) is 4.30. The number of carbonyl (C=O) groups is 2. The third-order valence-corrected chi connectivity index (χ3v) is 6.48. The number of benzene rings is 2. The molecule has 0 aliphatic heterocycles. The Bertz CT molecular complexity index is 1290. The molecule has 0 spiro atoms. The molecule has 0 fully saturated rings. The molecular formula is C30H38ClN3O4. The number of anilines is 1. The SMILES string of the molecule is C.CCN(CC)c1ccc(N=C2C=C(NC(=O)c3ccc(OC(C)C)c(OC)c3)C(=O)C(Cl)=C2C)c(C)c1. The zero-order valence-electron chi connectivity index (χ0n) is 22.4. The van der Waals surface area contributed by atoms with E-state index in [1.54, 1.807) is 31.2 Å². The van der Waals surface area contributed by atoms with Crippen LogP contribution in [-0.4, -0.2) is 43.7 Å². The molecule has 0 bridgehead atoms. The van der Waals surface area contributed by atoms with E-state index in [2.05, 4.69) is 30.1 Å². The maximum atomic E-state index is 13.0. The standard InChI is InChI=1S/C29H34ClN3O4.CH4/c1-8-33(9-2)21-11-12-22(18(5)14-21)31-23-16-24(28(34)27(30)19(23)6)32-29(35)20-10-13-25(37-17(3)4)26(15-20)36-7;/h10-17H,8-9H2,1-7H3,(H,32,35);1H4. The molecule has 38 heavy (non-hydrogen) atoms. The van der Waals surface area contributed by atoms with Gasteiger partial charge in [0.2, 0.25) is 5.78 Å². The molecule has 1 amide bonds. The summed E-state index contributed by atoms with van der Waals surface area (Å²) in [6.07, 6.45) is 1.51. The summed E-state index contributed by atoms with van der Waals surface area (Å²) in [6.45, 7) is 13.6. The summed E-state index contributed by atoms with van der Waals surface area (Å²) in [7, 11) is 1.50. The number of carbonyl (C=O) groups excluding carboxylic acids is 2. The average molecular weight is 540 g/mol. The van der Waals surface area contributed by atoms with Crippen molar-refractivity contribution in [1.82, 2.24) is 5.32 Å². The average Bonchev–Trinajstić information content (AvgIpc) is 2.87. The molecule has 0 unspecified atom stereocenters. The number of amides is 1. The number of Topliss-reactive ketones (excluding diaryl/α,β-unsaturated/α-hetero) is 1. The number of rotatable bonds is 9. The van der Waals surface area contributed by atoms with Crippen LogP contribution in [0.1, 0.15) is 58.0 Å². The van der Waals surface area contributed by atoms with Crippen LogP contribution in [0.3, 0.4) is 0 Å². The maximum Gasteiger partial charge on any atom is 0.255 e. The molecule has 1 aliphatic carbocycles. The van der Waals surface area contributed by atoms with E-state index >= 15 is 0 Å². The minimum absolute atomic E-state index is 0. The molecule has 0 atom stereocenters. The van der Waals surface area contributed by atoms with Crippen molar-refractivity contribution in [3.8, 4) is 11.5 Å². The van der Waals surface area contributed by atoms with E-state index in [0.717, 1.165) is 30.0 Å². The van der Waals surface area contributed by atoms with Crippen molar-refractivity contribution in [3.05, 3.63) is 69.9 Å². The molecule has 2 aromatic carbocycles. The highest BCUT2D eigenvalue weighted by Crippen LogP contribution is 2.30. The minimum Gasteiger partial charge on any atom is -0.493 e. The quantitative estimate of drug-likeness (QED) is 0.356. The molecule has 7 nitrogen and oxygen atoms in total. The lowest BCUT2D eigenvalue weighted by Crippen LogP contribution is -2.31. The van der Waals surface area contributed by atoms with E-state index in [4.69, 9.17) is 26.1 Å². The van der Waals surface area contributed by atoms with E-state index in [1.807, 2.05) is 32.9 Å². The number of ether oxygens (including phenoxy) is 2. The fraction of sp³-hybridized carbons (Fsp3) is 0.367. The van der Waals surface area contributed by atoms with Gasteiger partial charge in [-0.2, -0.15) is 0 Å². The van der Waals surface area contributed by atoms with Crippen LogP contribution in [0.25, 0.3) is 0 Å². The molecular weight excluding hydrogens is 502 g/mol. The van der Waals surface area contributed by atoms with Gasteiger partial charge in [-0.3, -0.25) is 9.59 Å². The van der Waals surface area contributed by atoms with Crippen molar-refractivity contribution in [1.29, 1.82) is 0 Å². The van der Waals surface area contributed by atoms with E-state index in [9.17, 15) is 9.59 Å². The highest BCUT2D eigenvalue weighted by atomic mass is 35.5. The second-order valence-corrected chi connectivity index (χ2v) is 9.33. The summed E-state index contributed by atoms with van der Waals surface area (Å²) < 4.78 is 11.1. The van der Waals surface area contributed by atoms with Crippen LogP contribution in [0.4, 0.5) is 11.4 Å². The lowest BCUT2D eigenvalue weighted by atomic mass is 10.0. The van der Waals surface area contributed by atoms with Crippen LogP contribution >= 0.6 is 11.6 Å². The second-order valence-electron chi connectivity index (χ2n) is 8.95. The van der Waals surface area contributed by atoms with E-state index in [1.165, 1.54) is 7.11 Å². The normalized spacial score (nSPS) is 14.3. The Balaban J connectivity index is 0.00000507. The first-order valence-electron chi connectivity index (χ1n) is 12.3. The number of nitrogens with zero attached hydrogens (tertiary/aromatic N) is 2. The first-order valence-corrected chi connectivity index (χ1v) is 12.7. The van der Waals surface area contributed by atoms with Crippen LogP contribution in [-0.2, 0) is 4.79 Å². The highest BCUT2D eigenvalue weighted by molar-refractivity contribution is 6.49. The summed E-state index contributed by atoms with van der Waals surface area (Å²) in [5, 5.41) is 2.71. The molecule has 0 aromatic heterocycles. The van der Waals surface area contributed by atoms with Gasteiger partial charge in [-0.25, -0.2) is 4.99 Å². The summed E-state index contributed by atoms with van der Waals surface area (Å²) >= 11 is 6.38. The van der Waals surface area contributed by atoms with Crippen molar-refractivity contribution < 1.29 is 19.1 Å². The topological polar surface area (TPSA) is 80.2 Å². The van der Waals surface area contributed by atoms with Crippen LogP contribution < -0.4 is 19.7 Å². The van der Waals surface area contributed by atoms with Gasteiger partial charge >= 0.3 is 0 Å². The monoisotopic (exact) mass is 539 g/mol. The molecule has 0 radical (unpaired) electrons. The molecule has 2 aromatic rings. The van der Waals surface area contributed by atoms with Gasteiger partial charge in [0.1, 0.15) is 0 Å². The Kier molecular flexibility index (Phi) is 10.7. The Morgan fingerprint density at radius 3 is 2.34 bits per heavy atom. The van der Waals surface area contributed by atoms with Gasteiger partial charge in [-0.1, -0.05) is 19.0 Å². The smallest absolute Gasteiger partial charge is 0.255 e. The first kappa shape index (κ1) is 30.6. The predicted octanol–water partition coefficient (Wildman–Crippen LogP) is 6.76. The van der Waals surface area contributed by atoms with Gasteiger partial charge in [0, 0.05) is 24.3 Å². The van der Waals surface area contributed by atoms with Gasteiger partial charge < -0.3 is 19.7 Å². The minimum atomic E-state index is -0.475. The molecule has 204 valence electrons. The molecule has 1 aliphatic rings. The van der Waals surface area contributed by atoms with Crippen molar-refractivity contribution in [2.75, 3.05) is 25.1 Å². The van der Waals surface area contributed by atoms with Crippen molar-refractivity contribution in [2.45, 2.75) is 55.1 Å². The summed E-state index contributed by atoms with van der Waals surface area (Å²) in [6, 6.07) is 10.9. The predicted molar refractivity (Wildman–Crippen MR) is 156 cm³/mol. The third-order valence-electron chi connectivity index (χ3n) is 6.03. The Labute approximate surface area is 231 Å². The number of halogens is 1. The highest BCUT2D eigenvalue weighted by Gasteiger charge is 2.26. The summed E-state index contributed by atoms with van der Waals surface area (Å²) in [4.78, 5) is 32.9. The first-order chi connectivity index (χ1) is 17.6. The number of ketones is 1. The lowest BCUT2D eigenvalue weighted by Gasteiger charge is -2.22. The van der Waals surface area contributed by atoms with Gasteiger partial charge in [0.15, 0.2) is 11.5 Å². The maximum absolute atomic E-state index is 13.0. The third kappa shape index (κ3) is 6.84. The number of aryl methyl sites for hydroxylation is 1. The molecule has 1 N–H and O–H groups in total. The van der Waals surface area contributed by atoms with Gasteiger partial charge in [-0.15, -0.1) is 0 Å². The summed E-state index contributed by atoms with van der Waals surface area (Å²) in [5.74, 6) is 0.00860. The lowest BCUT2D eigenvalue weighted by molar-refractivity contribution is -0.112. The van der Waals surface area contributed by atoms with E-state index < -0.39 is 11.7 Å². The van der Waals surface area contributed by atoms with Crippen LogP contribution in [0.15, 0.2) is 63.8 Å². The molecule has 0 saturated carbocycles. The zero-order chi connectivity index (χ0) is 27.3. The van der Waals surface area contributed by atoms with Crippen molar-refractivity contribution >= 4 is 40.4 Å². The molecule has 0 heterocycles. The van der Waals surface area contributed by atoms with Crippen LogP contribution in [0.2, 0.25) is 0 Å². The number of nitrogens with one attached hydrogen (secondary N) is 1. The number of hydrogen-bond donors (Lipinski definition) is 1. The molecule has 0 saturated heterocycles. The fourth-order valence-electron chi connectivity index (χ4n) is 3.96. The van der Waals surface area contributed by atoms with Crippen LogP contribution in [0.5, 0.6) is 11.5 Å². The number of methoxy groups -OCH3 is 1.